The number of para-hydroxylation sites is 2. The van der Waals surface area contributed by atoms with Crippen molar-refractivity contribution in [2.45, 2.75) is 13.3 Å². The average molecular weight is 458 g/mol. The Bertz CT molecular complexity index is 1050. The van der Waals surface area contributed by atoms with Crippen molar-refractivity contribution in [2.75, 3.05) is 43.1 Å². The zero-order valence-corrected chi connectivity index (χ0v) is 18.8. The van der Waals surface area contributed by atoms with Crippen LogP contribution in [0.2, 0.25) is 5.02 Å². The van der Waals surface area contributed by atoms with E-state index in [0.29, 0.717) is 30.5 Å². The maximum Gasteiger partial charge on any atom is 0.230 e. The number of aromatic nitrogens is 1. The van der Waals surface area contributed by atoms with E-state index in [0.717, 1.165) is 40.8 Å². The molecule has 1 aliphatic heterocycles. The highest BCUT2D eigenvalue weighted by Crippen LogP contribution is 2.35. The topological polar surface area (TPSA) is 63.7 Å². The van der Waals surface area contributed by atoms with Crippen molar-refractivity contribution in [3.63, 3.8) is 0 Å². The summed E-state index contributed by atoms with van der Waals surface area (Å²) in [5.74, 6) is 0.663. The molecule has 1 N–H and O–H groups in total. The lowest BCUT2D eigenvalue weighted by Crippen LogP contribution is -2.37. The SMILES string of the molecule is CCOc1ccccc1-c1nc(CC(=O)Nc2cccc(Cl)c2N2CCOCC2)cs1. The maximum atomic E-state index is 12.8. The van der Waals surface area contributed by atoms with Crippen molar-refractivity contribution in [3.8, 4) is 16.3 Å². The minimum atomic E-state index is -0.133. The first-order valence-corrected chi connectivity index (χ1v) is 11.5. The van der Waals surface area contributed by atoms with Crippen LogP contribution in [0.4, 0.5) is 11.4 Å². The molecule has 4 rings (SSSR count). The summed E-state index contributed by atoms with van der Waals surface area (Å²) >= 11 is 7.97. The van der Waals surface area contributed by atoms with E-state index in [2.05, 4.69) is 15.2 Å². The van der Waals surface area contributed by atoms with Crippen LogP contribution in [0.5, 0.6) is 5.75 Å². The van der Waals surface area contributed by atoms with Crippen LogP contribution in [-0.2, 0) is 16.0 Å². The van der Waals surface area contributed by atoms with E-state index in [1.54, 1.807) is 0 Å². The van der Waals surface area contributed by atoms with Crippen LogP contribution in [0.25, 0.3) is 10.6 Å². The zero-order chi connectivity index (χ0) is 21.6. The Morgan fingerprint density at radius 2 is 2.03 bits per heavy atom. The van der Waals surface area contributed by atoms with Crippen LogP contribution < -0.4 is 15.0 Å². The summed E-state index contributed by atoms with van der Waals surface area (Å²) in [6, 6.07) is 13.4. The summed E-state index contributed by atoms with van der Waals surface area (Å²) < 4.78 is 11.1. The Kier molecular flexibility index (Phi) is 7.06. The third-order valence-electron chi connectivity index (χ3n) is 4.90. The third-order valence-corrected chi connectivity index (χ3v) is 6.13. The van der Waals surface area contributed by atoms with E-state index in [4.69, 9.17) is 21.1 Å². The number of nitrogens with zero attached hydrogens (tertiary/aromatic N) is 2. The molecule has 0 bridgehead atoms. The maximum absolute atomic E-state index is 12.8. The summed E-state index contributed by atoms with van der Waals surface area (Å²) in [4.78, 5) is 19.6. The molecule has 8 heteroatoms. The van der Waals surface area contributed by atoms with Gasteiger partial charge in [-0.25, -0.2) is 4.98 Å². The number of hydrogen-bond donors (Lipinski definition) is 1. The molecular formula is C23H24ClN3O3S. The molecular weight excluding hydrogens is 434 g/mol. The number of carbonyl (C=O) groups excluding carboxylic acids is 1. The highest BCUT2D eigenvalue weighted by molar-refractivity contribution is 7.13. The molecule has 1 amide bonds. The number of anilines is 2. The van der Waals surface area contributed by atoms with E-state index in [-0.39, 0.29) is 12.3 Å². The predicted molar refractivity (Wildman–Crippen MR) is 126 cm³/mol. The number of morpholine rings is 1. The van der Waals surface area contributed by atoms with Gasteiger partial charge in [-0.05, 0) is 31.2 Å². The van der Waals surface area contributed by atoms with Crippen LogP contribution in [0.1, 0.15) is 12.6 Å². The Balaban J connectivity index is 1.48. The van der Waals surface area contributed by atoms with Crippen molar-refractivity contribution >= 4 is 40.2 Å². The Hall–Kier alpha value is -2.61. The number of amides is 1. The highest BCUT2D eigenvalue weighted by atomic mass is 35.5. The van der Waals surface area contributed by atoms with Gasteiger partial charge in [0.15, 0.2) is 0 Å². The van der Waals surface area contributed by atoms with Crippen LogP contribution in [0.15, 0.2) is 47.8 Å². The number of thiazole rings is 1. The van der Waals surface area contributed by atoms with Gasteiger partial charge in [0.1, 0.15) is 10.8 Å². The highest BCUT2D eigenvalue weighted by Gasteiger charge is 2.20. The van der Waals surface area contributed by atoms with Gasteiger partial charge in [-0.3, -0.25) is 4.79 Å². The number of carbonyl (C=O) groups is 1. The quantitative estimate of drug-likeness (QED) is 0.547. The fourth-order valence-electron chi connectivity index (χ4n) is 3.52. The molecule has 0 saturated carbocycles. The number of nitrogens with one attached hydrogen (secondary N) is 1. The van der Waals surface area contributed by atoms with Gasteiger partial charge < -0.3 is 19.7 Å². The smallest absolute Gasteiger partial charge is 0.230 e. The first kappa shape index (κ1) is 21.6. The molecule has 3 aromatic rings. The van der Waals surface area contributed by atoms with E-state index in [9.17, 15) is 4.79 Å². The van der Waals surface area contributed by atoms with E-state index >= 15 is 0 Å². The largest absolute Gasteiger partial charge is 0.493 e. The lowest BCUT2D eigenvalue weighted by Gasteiger charge is -2.31. The molecule has 6 nitrogen and oxygen atoms in total. The standard InChI is InChI=1S/C23H24ClN3O3S/c1-2-30-20-9-4-3-6-17(20)23-25-16(15-31-23)14-21(28)26-19-8-5-7-18(24)22(19)27-10-12-29-13-11-27/h3-9,15H,2,10-14H2,1H3,(H,26,28). The van der Waals surface area contributed by atoms with Gasteiger partial charge in [0.05, 0.1) is 53.9 Å². The van der Waals surface area contributed by atoms with E-state index in [1.807, 2.05) is 54.8 Å². The van der Waals surface area contributed by atoms with Gasteiger partial charge in [-0.15, -0.1) is 11.3 Å². The second kappa shape index (κ2) is 10.1. The Morgan fingerprint density at radius 1 is 1.23 bits per heavy atom. The average Bonchev–Trinajstić information content (AvgIpc) is 3.23. The fourth-order valence-corrected chi connectivity index (χ4v) is 4.66. The summed E-state index contributed by atoms with van der Waals surface area (Å²) in [5, 5.41) is 6.38. The number of ether oxygens (including phenoxy) is 2. The lowest BCUT2D eigenvalue weighted by atomic mass is 10.2. The minimum absolute atomic E-state index is 0.133. The molecule has 0 spiro atoms. The summed E-state index contributed by atoms with van der Waals surface area (Å²) in [7, 11) is 0. The van der Waals surface area contributed by atoms with Crippen LogP contribution >= 0.6 is 22.9 Å². The molecule has 1 aromatic heterocycles. The molecule has 1 aliphatic rings. The molecule has 162 valence electrons. The number of benzene rings is 2. The second-order valence-electron chi connectivity index (χ2n) is 7.03. The summed E-state index contributed by atoms with van der Waals surface area (Å²) in [5.41, 5.74) is 3.20. The first-order chi connectivity index (χ1) is 15.2. The molecule has 0 aliphatic carbocycles. The van der Waals surface area contributed by atoms with Crippen LogP contribution in [0.3, 0.4) is 0 Å². The van der Waals surface area contributed by atoms with Gasteiger partial charge >= 0.3 is 0 Å². The van der Waals surface area contributed by atoms with Crippen molar-refractivity contribution in [3.05, 3.63) is 58.6 Å². The summed E-state index contributed by atoms with van der Waals surface area (Å²) in [6.45, 7) is 5.30. The Morgan fingerprint density at radius 3 is 2.84 bits per heavy atom. The molecule has 0 radical (unpaired) electrons. The normalized spacial score (nSPS) is 13.8. The molecule has 1 fully saturated rings. The van der Waals surface area contributed by atoms with Gasteiger partial charge in [0, 0.05) is 18.5 Å². The van der Waals surface area contributed by atoms with Crippen molar-refractivity contribution < 1.29 is 14.3 Å². The van der Waals surface area contributed by atoms with Crippen molar-refractivity contribution in [2.24, 2.45) is 0 Å². The lowest BCUT2D eigenvalue weighted by molar-refractivity contribution is -0.115. The van der Waals surface area contributed by atoms with Crippen molar-refractivity contribution in [1.82, 2.24) is 4.98 Å². The Labute approximate surface area is 190 Å². The molecule has 2 heterocycles. The van der Waals surface area contributed by atoms with Gasteiger partial charge in [-0.1, -0.05) is 29.8 Å². The zero-order valence-electron chi connectivity index (χ0n) is 17.3. The van der Waals surface area contributed by atoms with Gasteiger partial charge in [0.2, 0.25) is 5.91 Å². The molecule has 0 atom stereocenters. The monoisotopic (exact) mass is 457 g/mol. The number of halogens is 1. The summed E-state index contributed by atoms with van der Waals surface area (Å²) in [6.07, 6.45) is 0.183. The number of rotatable bonds is 7. The first-order valence-electron chi connectivity index (χ1n) is 10.2. The van der Waals surface area contributed by atoms with Crippen LogP contribution in [-0.4, -0.2) is 43.8 Å². The molecule has 31 heavy (non-hydrogen) atoms. The van der Waals surface area contributed by atoms with E-state index < -0.39 is 0 Å². The second-order valence-corrected chi connectivity index (χ2v) is 8.30. The molecule has 0 unspecified atom stereocenters. The molecule has 2 aromatic carbocycles. The predicted octanol–water partition coefficient (Wildman–Crippen LogP) is 4.88. The van der Waals surface area contributed by atoms with Crippen LogP contribution in [0, 0.1) is 0 Å². The van der Waals surface area contributed by atoms with Gasteiger partial charge in [-0.2, -0.15) is 0 Å². The number of hydrogen-bond acceptors (Lipinski definition) is 6. The van der Waals surface area contributed by atoms with Gasteiger partial charge in [0.25, 0.3) is 0 Å². The van der Waals surface area contributed by atoms with E-state index in [1.165, 1.54) is 11.3 Å². The third kappa shape index (κ3) is 5.18. The fraction of sp³-hybridized carbons (Fsp3) is 0.304. The van der Waals surface area contributed by atoms with Crippen molar-refractivity contribution in [1.29, 1.82) is 0 Å². The molecule has 1 saturated heterocycles. The minimum Gasteiger partial charge on any atom is -0.493 e.